The molecule has 0 aliphatic heterocycles. The summed E-state index contributed by atoms with van der Waals surface area (Å²) in [5.74, 6) is -0.0421. The van der Waals surface area contributed by atoms with Gasteiger partial charge >= 0.3 is 0 Å². The van der Waals surface area contributed by atoms with Gasteiger partial charge in [-0.25, -0.2) is 0 Å². The number of hydrogen-bond acceptors (Lipinski definition) is 2. The lowest BCUT2D eigenvalue weighted by Crippen LogP contribution is -2.18. The summed E-state index contributed by atoms with van der Waals surface area (Å²) in [7, 11) is 2.16. The first-order valence-electron chi connectivity index (χ1n) is 11.0. The summed E-state index contributed by atoms with van der Waals surface area (Å²) in [5, 5.41) is 2.82. The lowest BCUT2D eigenvalue weighted by Gasteiger charge is -2.17. The third-order valence-electron chi connectivity index (χ3n) is 5.86. The van der Waals surface area contributed by atoms with Crippen molar-refractivity contribution in [2.24, 2.45) is 0 Å². The fraction of sp³-hybridized carbons (Fsp3) is 0.250. The Morgan fingerprint density at radius 2 is 1.48 bits per heavy atom. The van der Waals surface area contributed by atoms with Gasteiger partial charge in [-0.3, -0.25) is 4.79 Å². The second kappa shape index (κ2) is 9.76. The molecule has 0 atom stereocenters. The van der Waals surface area contributed by atoms with Gasteiger partial charge in [-0.15, -0.1) is 0 Å². The van der Waals surface area contributed by atoms with Gasteiger partial charge in [-0.2, -0.15) is 0 Å². The summed E-state index contributed by atoms with van der Waals surface area (Å²) in [6.07, 6.45) is 5.61. The average molecular weight is 411 g/mol. The van der Waals surface area contributed by atoms with E-state index in [0.29, 0.717) is 0 Å². The number of aryl methyl sites for hydroxylation is 2. The fourth-order valence-electron chi connectivity index (χ4n) is 4.35. The van der Waals surface area contributed by atoms with Gasteiger partial charge in [0.05, 0.1) is 0 Å². The molecule has 4 rings (SSSR count). The second-order valence-electron chi connectivity index (χ2n) is 8.34. The van der Waals surface area contributed by atoms with Crippen LogP contribution in [0, 0.1) is 0 Å². The third-order valence-corrected chi connectivity index (χ3v) is 5.86. The maximum Gasteiger partial charge on any atom is 0.221 e. The average Bonchev–Trinajstić information content (AvgIpc) is 2.92. The minimum atomic E-state index is -0.0421. The van der Waals surface area contributed by atoms with Crippen molar-refractivity contribution in [2.75, 3.05) is 18.9 Å². The van der Waals surface area contributed by atoms with E-state index in [4.69, 9.17) is 0 Å². The van der Waals surface area contributed by atoms with E-state index in [-0.39, 0.29) is 5.91 Å². The Balaban J connectivity index is 1.45. The van der Waals surface area contributed by atoms with Crippen LogP contribution in [0.15, 0.2) is 78.9 Å². The maximum atomic E-state index is 11.2. The molecule has 1 aliphatic rings. The standard InChI is InChI=1S/C28H30N2O/c1-21(31)29-25-17-13-22(14-18-25)20-30(2)19-7-12-28-26-10-5-3-8-23(26)15-16-24-9-4-6-11-27(24)28/h3-6,8-14,17-18H,7,15-16,19-20H2,1-2H3,(H,29,31). The van der Waals surface area contributed by atoms with E-state index >= 15 is 0 Å². The molecule has 0 saturated carbocycles. The zero-order valence-corrected chi connectivity index (χ0v) is 18.4. The van der Waals surface area contributed by atoms with Gasteiger partial charge in [0.15, 0.2) is 0 Å². The molecule has 0 spiro atoms. The largest absolute Gasteiger partial charge is 0.326 e. The van der Waals surface area contributed by atoms with Gasteiger partial charge in [-0.1, -0.05) is 66.7 Å². The van der Waals surface area contributed by atoms with E-state index in [1.807, 2.05) is 12.1 Å². The number of nitrogens with zero attached hydrogens (tertiary/aromatic N) is 1. The minimum Gasteiger partial charge on any atom is -0.326 e. The van der Waals surface area contributed by atoms with Crippen molar-refractivity contribution in [3.8, 4) is 0 Å². The number of rotatable bonds is 6. The van der Waals surface area contributed by atoms with Crippen LogP contribution in [0.2, 0.25) is 0 Å². The smallest absolute Gasteiger partial charge is 0.221 e. The molecule has 0 bridgehead atoms. The van der Waals surface area contributed by atoms with Gasteiger partial charge in [-0.05, 0) is 71.8 Å². The molecule has 0 saturated heterocycles. The number of fused-ring (bicyclic) bond motifs is 2. The molecule has 0 radical (unpaired) electrons. The maximum absolute atomic E-state index is 11.2. The van der Waals surface area contributed by atoms with Gasteiger partial charge in [0, 0.05) is 25.7 Å². The number of amides is 1. The van der Waals surface area contributed by atoms with Crippen LogP contribution in [0.3, 0.4) is 0 Å². The number of carbonyl (C=O) groups is 1. The fourth-order valence-corrected chi connectivity index (χ4v) is 4.35. The van der Waals surface area contributed by atoms with Gasteiger partial charge in [0.2, 0.25) is 5.91 Å². The Kier molecular flexibility index (Phi) is 6.63. The van der Waals surface area contributed by atoms with Gasteiger partial charge < -0.3 is 10.2 Å². The molecule has 0 unspecified atom stereocenters. The normalized spacial score (nSPS) is 12.7. The molecule has 1 aliphatic carbocycles. The van der Waals surface area contributed by atoms with E-state index in [9.17, 15) is 4.79 Å². The molecule has 31 heavy (non-hydrogen) atoms. The summed E-state index contributed by atoms with van der Waals surface area (Å²) in [4.78, 5) is 13.5. The van der Waals surface area contributed by atoms with Crippen LogP contribution >= 0.6 is 0 Å². The lowest BCUT2D eigenvalue weighted by molar-refractivity contribution is -0.114. The van der Waals surface area contributed by atoms with Crippen LogP contribution in [0.25, 0.3) is 5.57 Å². The van der Waals surface area contributed by atoms with Gasteiger partial charge in [0.1, 0.15) is 0 Å². The first kappa shape index (κ1) is 21.1. The molecule has 3 aromatic rings. The molecule has 158 valence electrons. The number of carbonyl (C=O) groups excluding carboxylic acids is 1. The predicted octanol–water partition coefficient (Wildman–Crippen LogP) is 5.70. The number of benzene rings is 3. The van der Waals surface area contributed by atoms with Crippen molar-refractivity contribution in [3.63, 3.8) is 0 Å². The number of hydrogen-bond donors (Lipinski definition) is 1. The van der Waals surface area contributed by atoms with Crippen molar-refractivity contribution >= 4 is 17.2 Å². The topological polar surface area (TPSA) is 32.3 Å². The molecule has 3 aromatic carbocycles. The summed E-state index contributed by atoms with van der Waals surface area (Å²) < 4.78 is 0. The number of anilines is 1. The van der Waals surface area contributed by atoms with Crippen molar-refractivity contribution in [3.05, 3.63) is 107 Å². The van der Waals surface area contributed by atoms with Crippen molar-refractivity contribution in [2.45, 2.75) is 32.7 Å². The highest BCUT2D eigenvalue weighted by atomic mass is 16.1. The van der Waals surface area contributed by atoms with Crippen LogP contribution in [0.5, 0.6) is 0 Å². The molecular formula is C28H30N2O. The molecule has 3 heteroatoms. The lowest BCUT2D eigenvalue weighted by atomic mass is 9.93. The van der Waals surface area contributed by atoms with Gasteiger partial charge in [0.25, 0.3) is 0 Å². The number of nitrogens with one attached hydrogen (secondary N) is 1. The first-order chi connectivity index (χ1) is 15.1. The minimum absolute atomic E-state index is 0.0421. The molecular weight excluding hydrogens is 380 g/mol. The highest BCUT2D eigenvalue weighted by Crippen LogP contribution is 2.33. The second-order valence-corrected chi connectivity index (χ2v) is 8.34. The molecule has 0 aromatic heterocycles. The van der Waals surface area contributed by atoms with E-state index in [1.54, 1.807) is 0 Å². The Bertz CT molecular complexity index is 1030. The van der Waals surface area contributed by atoms with E-state index in [1.165, 1.54) is 40.3 Å². The summed E-state index contributed by atoms with van der Waals surface area (Å²) in [5.41, 5.74) is 9.10. The monoisotopic (exact) mass is 410 g/mol. The van der Waals surface area contributed by atoms with Crippen LogP contribution in [-0.4, -0.2) is 24.4 Å². The summed E-state index contributed by atoms with van der Waals surface area (Å²) in [6, 6.07) is 25.8. The SMILES string of the molecule is CC(=O)Nc1ccc(CN(C)CCC=C2c3ccccc3CCc3ccccc32)cc1. The Morgan fingerprint density at radius 1 is 0.903 bits per heavy atom. The summed E-state index contributed by atoms with van der Waals surface area (Å²) in [6.45, 7) is 3.40. The van der Waals surface area contributed by atoms with E-state index in [0.717, 1.165) is 38.0 Å². The predicted molar refractivity (Wildman–Crippen MR) is 129 cm³/mol. The zero-order valence-electron chi connectivity index (χ0n) is 18.4. The zero-order chi connectivity index (χ0) is 21.6. The van der Waals surface area contributed by atoms with E-state index < -0.39 is 0 Å². The molecule has 1 amide bonds. The summed E-state index contributed by atoms with van der Waals surface area (Å²) >= 11 is 0. The molecule has 3 nitrogen and oxygen atoms in total. The highest BCUT2D eigenvalue weighted by Gasteiger charge is 2.17. The van der Waals surface area contributed by atoms with Crippen LogP contribution in [-0.2, 0) is 24.2 Å². The third kappa shape index (κ3) is 5.31. The Labute approximate surface area is 185 Å². The van der Waals surface area contributed by atoms with Crippen LogP contribution < -0.4 is 5.32 Å². The van der Waals surface area contributed by atoms with Crippen molar-refractivity contribution in [1.82, 2.24) is 4.90 Å². The Morgan fingerprint density at radius 3 is 2.06 bits per heavy atom. The van der Waals surface area contributed by atoms with Crippen molar-refractivity contribution in [1.29, 1.82) is 0 Å². The molecule has 0 fully saturated rings. The quantitative estimate of drug-likeness (QED) is 0.565. The first-order valence-corrected chi connectivity index (χ1v) is 11.0. The Hall–Kier alpha value is -3.17. The van der Waals surface area contributed by atoms with E-state index in [2.05, 4.69) is 84.0 Å². The van der Waals surface area contributed by atoms with Crippen LogP contribution in [0.4, 0.5) is 5.69 Å². The van der Waals surface area contributed by atoms with Crippen molar-refractivity contribution < 1.29 is 4.79 Å². The molecule has 0 heterocycles. The molecule has 1 N–H and O–H groups in total. The van der Waals surface area contributed by atoms with Crippen LogP contribution in [0.1, 0.15) is 41.2 Å². The highest BCUT2D eigenvalue weighted by molar-refractivity contribution is 5.88.